The lowest BCUT2D eigenvalue weighted by molar-refractivity contribution is -0.118. The molecule has 1 amide bonds. The molecule has 0 aromatic heterocycles. The molecule has 0 spiro atoms. The van der Waals surface area contributed by atoms with E-state index >= 15 is 0 Å². The van der Waals surface area contributed by atoms with Crippen LogP contribution in [0.5, 0.6) is 0 Å². The first-order valence-corrected chi connectivity index (χ1v) is 9.32. The number of fused-ring (bicyclic) bond motifs is 1. The van der Waals surface area contributed by atoms with Gasteiger partial charge in [0.25, 0.3) is 0 Å². The lowest BCUT2D eigenvalue weighted by atomic mass is 9.91. The van der Waals surface area contributed by atoms with Gasteiger partial charge in [-0.25, -0.2) is 0 Å². The summed E-state index contributed by atoms with van der Waals surface area (Å²) in [5.74, 6) is 0.674. The number of rotatable bonds is 3. The van der Waals surface area contributed by atoms with Crippen LogP contribution in [0.4, 0.5) is 0 Å². The van der Waals surface area contributed by atoms with Gasteiger partial charge >= 0.3 is 0 Å². The first-order chi connectivity index (χ1) is 11.8. The van der Waals surface area contributed by atoms with Gasteiger partial charge in [-0.2, -0.15) is 0 Å². The molecular weight excluding hydrogens is 338 g/mol. The Kier molecular flexibility index (Phi) is 7.29. The van der Waals surface area contributed by atoms with Gasteiger partial charge in [-0.15, -0.1) is 0 Å². The highest BCUT2D eigenvalue weighted by atomic mass is 35.5. The zero-order chi connectivity index (χ0) is 18.4. The molecule has 2 aliphatic heterocycles. The monoisotopic (exact) mass is 367 g/mol. The van der Waals surface area contributed by atoms with Crippen LogP contribution in [0.15, 0.2) is 12.1 Å². The quantitative estimate of drug-likeness (QED) is 0.751. The summed E-state index contributed by atoms with van der Waals surface area (Å²) in [5.41, 5.74) is 3.70. The third-order valence-electron chi connectivity index (χ3n) is 4.73. The molecule has 0 saturated carbocycles. The Hall–Kier alpha value is -1.10. The molecule has 3 rings (SSSR count). The molecule has 1 fully saturated rings. The second-order valence-electron chi connectivity index (χ2n) is 7.80. The predicted octanol–water partition coefficient (Wildman–Crippen LogP) is 4.21. The number of nitrogens with zero attached hydrogens (tertiary/aromatic N) is 1. The van der Waals surface area contributed by atoms with E-state index in [1.165, 1.54) is 16.7 Å². The molecule has 0 radical (unpaired) electrons. The first-order valence-electron chi connectivity index (χ1n) is 8.95. The zero-order valence-corrected chi connectivity index (χ0v) is 16.6. The number of benzene rings is 1. The van der Waals surface area contributed by atoms with Crippen LogP contribution < -0.4 is 0 Å². The maximum Gasteiger partial charge on any atom is 0.210 e. The molecule has 140 valence electrons. The molecular formula is C20H30ClNO3. The molecule has 2 heterocycles. The second-order valence-corrected chi connectivity index (χ2v) is 8.21. The van der Waals surface area contributed by atoms with Gasteiger partial charge in [0.1, 0.15) is 0 Å². The van der Waals surface area contributed by atoms with Crippen LogP contribution in [-0.2, 0) is 33.8 Å². The molecule has 0 unspecified atom stereocenters. The van der Waals surface area contributed by atoms with E-state index < -0.39 is 0 Å². The van der Waals surface area contributed by atoms with Gasteiger partial charge in [-0.1, -0.05) is 17.7 Å². The fourth-order valence-electron chi connectivity index (χ4n) is 2.99. The summed E-state index contributed by atoms with van der Waals surface area (Å²) in [7, 11) is 1.71. The van der Waals surface area contributed by atoms with Crippen molar-refractivity contribution in [3.8, 4) is 0 Å². The van der Waals surface area contributed by atoms with Crippen molar-refractivity contribution in [3.63, 3.8) is 0 Å². The van der Waals surface area contributed by atoms with Crippen molar-refractivity contribution in [1.82, 2.24) is 4.90 Å². The van der Waals surface area contributed by atoms with Crippen molar-refractivity contribution in [1.29, 1.82) is 0 Å². The molecule has 1 saturated heterocycles. The molecule has 4 nitrogen and oxygen atoms in total. The third kappa shape index (κ3) is 6.28. The van der Waals surface area contributed by atoms with Crippen LogP contribution >= 0.6 is 11.6 Å². The van der Waals surface area contributed by atoms with Crippen molar-refractivity contribution in [2.75, 3.05) is 20.3 Å². The standard InChI is InChI=1S/C15H18ClNO2.C5H12O/c16-15-7-14-9-17(10-18)8-13(14)6-12(15)5-11-1-3-19-4-2-11;1-5(2,3)6-4/h6-7,10-11H,1-5,8-9H2;1-4H3. The SMILES string of the molecule is COC(C)(C)C.O=CN1Cc2cc(Cl)c(CC3CCOCC3)cc2C1. The highest BCUT2D eigenvalue weighted by molar-refractivity contribution is 6.31. The Morgan fingerprint density at radius 1 is 1.24 bits per heavy atom. The summed E-state index contributed by atoms with van der Waals surface area (Å²) in [6.45, 7) is 9.21. The maximum absolute atomic E-state index is 10.8. The number of hydrogen-bond acceptors (Lipinski definition) is 3. The van der Waals surface area contributed by atoms with Gasteiger partial charge in [-0.3, -0.25) is 4.79 Å². The van der Waals surface area contributed by atoms with Crippen molar-refractivity contribution in [2.45, 2.75) is 58.7 Å². The van der Waals surface area contributed by atoms with E-state index in [9.17, 15) is 4.79 Å². The van der Waals surface area contributed by atoms with Crippen molar-refractivity contribution < 1.29 is 14.3 Å². The van der Waals surface area contributed by atoms with Gasteiger partial charge < -0.3 is 14.4 Å². The van der Waals surface area contributed by atoms with Crippen LogP contribution in [0.1, 0.15) is 50.3 Å². The van der Waals surface area contributed by atoms with E-state index in [0.29, 0.717) is 12.5 Å². The van der Waals surface area contributed by atoms with E-state index in [4.69, 9.17) is 21.1 Å². The molecule has 25 heavy (non-hydrogen) atoms. The van der Waals surface area contributed by atoms with Crippen LogP contribution in [-0.4, -0.2) is 37.2 Å². The second kappa shape index (κ2) is 9.02. The highest BCUT2D eigenvalue weighted by Gasteiger charge is 2.21. The van der Waals surface area contributed by atoms with Crippen molar-refractivity contribution in [2.24, 2.45) is 5.92 Å². The van der Waals surface area contributed by atoms with E-state index in [1.807, 2.05) is 26.8 Å². The zero-order valence-electron chi connectivity index (χ0n) is 15.8. The Morgan fingerprint density at radius 3 is 2.32 bits per heavy atom. The molecule has 5 heteroatoms. The largest absolute Gasteiger partial charge is 0.381 e. The van der Waals surface area contributed by atoms with Gasteiger partial charge in [0, 0.05) is 38.4 Å². The van der Waals surface area contributed by atoms with Crippen molar-refractivity contribution >= 4 is 18.0 Å². The predicted molar refractivity (Wildman–Crippen MR) is 101 cm³/mol. The Balaban J connectivity index is 0.000000326. The Morgan fingerprint density at radius 2 is 1.80 bits per heavy atom. The van der Waals surface area contributed by atoms with Crippen LogP contribution in [0.2, 0.25) is 5.02 Å². The minimum absolute atomic E-state index is 0.0417. The maximum atomic E-state index is 10.8. The number of carbonyl (C=O) groups is 1. The summed E-state index contributed by atoms with van der Waals surface area (Å²) in [6.07, 6.45) is 4.17. The average molecular weight is 368 g/mol. The molecule has 0 bridgehead atoms. The summed E-state index contributed by atoms with van der Waals surface area (Å²) in [5, 5.41) is 0.845. The normalized spacial score (nSPS) is 17.7. The average Bonchev–Trinajstić information content (AvgIpc) is 2.98. The van der Waals surface area contributed by atoms with Crippen LogP contribution in [0, 0.1) is 5.92 Å². The molecule has 1 aromatic rings. The Labute approximate surface area is 156 Å². The van der Waals surface area contributed by atoms with Gasteiger partial charge in [0.15, 0.2) is 0 Å². The molecule has 2 aliphatic rings. The van der Waals surface area contributed by atoms with E-state index in [1.54, 1.807) is 12.0 Å². The first kappa shape index (κ1) is 20.2. The lowest BCUT2D eigenvalue weighted by Crippen LogP contribution is -2.17. The van der Waals surface area contributed by atoms with Crippen LogP contribution in [0.3, 0.4) is 0 Å². The number of amides is 1. The molecule has 0 N–H and O–H groups in total. The highest BCUT2D eigenvalue weighted by Crippen LogP contribution is 2.31. The number of hydrogen-bond donors (Lipinski definition) is 0. The number of halogens is 1. The number of carbonyl (C=O) groups excluding carboxylic acids is 1. The molecule has 0 atom stereocenters. The summed E-state index contributed by atoms with van der Waals surface area (Å²) in [4.78, 5) is 12.6. The van der Waals surface area contributed by atoms with E-state index in [0.717, 1.165) is 50.5 Å². The van der Waals surface area contributed by atoms with Gasteiger partial charge in [0.2, 0.25) is 6.41 Å². The van der Waals surface area contributed by atoms with E-state index in [2.05, 4.69) is 6.07 Å². The molecule has 0 aliphatic carbocycles. The van der Waals surface area contributed by atoms with Crippen molar-refractivity contribution in [3.05, 3.63) is 33.8 Å². The topological polar surface area (TPSA) is 38.8 Å². The number of ether oxygens (including phenoxy) is 2. The summed E-state index contributed by atoms with van der Waals surface area (Å²) >= 11 is 6.38. The van der Waals surface area contributed by atoms with Crippen LogP contribution in [0.25, 0.3) is 0 Å². The fourth-order valence-corrected chi connectivity index (χ4v) is 3.25. The summed E-state index contributed by atoms with van der Waals surface area (Å²) < 4.78 is 10.3. The van der Waals surface area contributed by atoms with Gasteiger partial charge in [0.05, 0.1) is 5.60 Å². The summed E-state index contributed by atoms with van der Waals surface area (Å²) in [6, 6.07) is 4.23. The minimum Gasteiger partial charge on any atom is -0.381 e. The minimum atomic E-state index is 0.0417. The Bertz CT molecular complexity index is 577. The van der Waals surface area contributed by atoms with Gasteiger partial charge in [-0.05, 0) is 68.7 Å². The lowest BCUT2D eigenvalue weighted by Gasteiger charge is -2.22. The molecule has 1 aromatic carbocycles. The fraction of sp³-hybridized carbons (Fsp3) is 0.650. The van der Waals surface area contributed by atoms with E-state index in [-0.39, 0.29) is 5.60 Å². The number of methoxy groups -OCH3 is 1. The third-order valence-corrected chi connectivity index (χ3v) is 5.08. The smallest absolute Gasteiger partial charge is 0.210 e.